The molecule has 0 unspecified atom stereocenters. The number of aryl methyl sites for hydroxylation is 2. The minimum Gasteiger partial charge on any atom is -0.455 e. The minimum absolute atomic E-state index is 0.0597. The number of carbonyl (C=O) groups is 2. The summed E-state index contributed by atoms with van der Waals surface area (Å²) in [5, 5.41) is 4.10. The van der Waals surface area contributed by atoms with Crippen molar-refractivity contribution in [1.82, 2.24) is 24.5 Å². The molecule has 3 heterocycles. The molecule has 1 atom stereocenters. The molecule has 0 bridgehead atoms. The molecule has 0 aromatic carbocycles. The number of aromatic nitrogens is 4. The number of carbonyl (C=O) groups excluding carboxylic acids is 2. The van der Waals surface area contributed by atoms with Gasteiger partial charge in [-0.25, -0.2) is 9.50 Å². The van der Waals surface area contributed by atoms with Crippen LogP contribution in [0.15, 0.2) is 6.33 Å². The third-order valence-corrected chi connectivity index (χ3v) is 4.68. The van der Waals surface area contributed by atoms with Gasteiger partial charge in [-0.3, -0.25) is 9.59 Å². The summed E-state index contributed by atoms with van der Waals surface area (Å²) in [5.74, 6) is 0.435. The summed E-state index contributed by atoms with van der Waals surface area (Å²) < 4.78 is 6.79. The fourth-order valence-corrected chi connectivity index (χ4v) is 3.26. The van der Waals surface area contributed by atoms with Crippen LogP contribution >= 0.6 is 0 Å². The average molecular weight is 345 g/mol. The maximum Gasteiger partial charge on any atom is 0.310 e. The van der Waals surface area contributed by atoms with E-state index in [0.717, 1.165) is 37.2 Å². The van der Waals surface area contributed by atoms with Crippen LogP contribution in [-0.4, -0.2) is 56.1 Å². The maximum absolute atomic E-state index is 12.2. The number of piperidine rings is 1. The Hall–Kier alpha value is -2.51. The summed E-state index contributed by atoms with van der Waals surface area (Å²) in [6.07, 6.45) is 3.63. The van der Waals surface area contributed by atoms with Gasteiger partial charge in [0.1, 0.15) is 6.33 Å². The van der Waals surface area contributed by atoms with E-state index in [2.05, 4.69) is 22.0 Å². The van der Waals surface area contributed by atoms with E-state index in [-0.39, 0.29) is 18.9 Å². The molecule has 1 fully saturated rings. The van der Waals surface area contributed by atoms with Gasteiger partial charge in [-0.2, -0.15) is 10.1 Å². The molecular formula is C17H23N5O3. The number of nitrogens with zero attached hydrogens (tertiary/aromatic N) is 5. The van der Waals surface area contributed by atoms with E-state index < -0.39 is 5.97 Å². The monoisotopic (exact) mass is 345 g/mol. The van der Waals surface area contributed by atoms with Crippen molar-refractivity contribution in [3.63, 3.8) is 0 Å². The first-order chi connectivity index (χ1) is 12.0. The number of amides is 1. The summed E-state index contributed by atoms with van der Waals surface area (Å²) in [7, 11) is 0. The summed E-state index contributed by atoms with van der Waals surface area (Å²) in [6.45, 7) is 7.09. The van der Waals surface area contributed by atoms with E-state index in [1.165, 1.54) is 6.33 Å². The lowest BCUT2D eigenvalue weighted by atomic mass is 10.0. The van der Waals surface area contributed by atoms with Crippen LogP contribution in [0.2, 0.25) is 0 Å². The topological polar surface area (TPSA) is 89.7 Å². The Kier molecular flexibility index (Phi) is 4.96. The first kappa shape index (κ1) is 17.3. The quantitative estimate of drug-likeness (QED) is 0.771. The van der Waals surface area contributed by atoms with Crippen molar-refractivity contribution in [3.8, 4) is 0 Å². The molecule has 134 valence electrons. The highest BCUT2D eigenvalue weighted by Crippen LogP contribution is 2.16. The number of hydrogen-bond donors (Lipinski definition) is 0. The van der Waals surface area contributed by atoms with Gasteiger partial charge in [-0.05, 0) is 32.6 Å². The van der Waals surface area contributed by atoms with Crippen LogP contribution in [0.5, 0.6) is 0 Å². The summed E-state index contributed by atoms with van der Waals surface area (Å²) in [6, 6.07) is 0. The summed E-state index contributed by atoms with van der Waals surface area (Å²) in [5.41, 5.74) is 2.27. The van der Waals surface area contributed by atoms with Crippen LogP contribution < -0.4 is 0 Å². The summed E-state index contributed by atoms with van der Waals surface area (Å²) >= 11 is 0. The van der Waals surface area contributed by atoms with Crippen molar-refractivity contribution < 1.29 is 14.3 Å². The van der Waals surface area contributed by atoms with E-state index >= 15 is 0 Å². The number of fused-ring (bicyclic) bond motifs is 1. The van der Waals surface area contributed by atoms with Gasteiger partial charge < -0.3 is 9.64 Å². The highest BCUT2D eigenvalue weighted by molar-refractivity contribution is 5.81. The molecule has 0 N–H and O–H groups in total. The van der Waals surface area contributed by atoms with Crippen LogP contribution in [-0.2, 0) is 20.7 Å². The van der Waals surface area contributed by atoms with Gasteiger partial charge in [0.15, 0.2) is 6.61 Å². The molecular weight excluding hydrogens is 322 g/mol. The van der Waals surface area contributed by atoms with Crippen molar-refractivity contribution in [2.75, 3.05) is 19.7 Å². The van der Waals surface area contributed by atoms with Gasteiger partial charge in [0.25, 0.3) is 11.7 Å². The second-order valence-electron chi connectivity index (χ2n) is 6.66. The molecule has 0 spiro atoms. The number of likely N-dealkylation sites (tertiary alicyclic amines) is 1. The van der Waals surface area contributed by atoms with E-state index in [1.54, 1.807) is 9.42 Å². The van der Waals surface area contributed by atoms with Crippen LogP contribution in [0, 0.1) is 19.8 Å². The largest absolute Gasteiger partial charge is 0.455 e. The summed E-state index contributed by atoms with van der Waals surface area (Å²) in [4.78, 5) is 34.5. The van der Waals surface area contributed by atoms with Crippen molar-refractivity contribution >= 4 is 17.7 Å². The maximum atomic E-state index is 12.2. The Bertz CT molecular complexity index is 801. The first-order valence-electron chi connectivity index (χ1n) is 8.55. The Morgan fingerprint density at radius 2 is 2.16 bits per heavy atom. The van der Waals surface area contributed by atoms with Crippen molar-refractivity contribution in [2.24, 2.45) is 5.92 Å². The predicted octanol–water partition coefficient (Wildman–Crippen LogP) is 1.09. The molecule has 1 aliphatic heterocycles. The molecule has 8 nitrogen and oxygen atoms in total. The zero-order valence-electron chi connectivity index (χ0n) is 14.9. The predicted molar refractivity (Wildman–Crippen MR) is 89.9 cm³/mol. The van der Waals surface area contributed by atoms with E-state index in [4.69, 9.17) is 4.74 Å². The molecule has 0 radical (unpaired) electrons. The second-order valence-corrected chi connectivity index (χ2v) is 6.66. The van der Waals surface area contributed by atoms with E-state index in [9.17, 15) is 9.59 Å². The van der Waals surface area contributed by atoms with Crippen LogP contribution in [0.25, 0.3) is 5.78 Å². The number of hydrogen-bond acceptors (Lipinski definition) is 6. The molecule has 0 saturated carbocycles. The molecule has 1 saturated heterocycles. The lowest BCUT2D eigenvalue weighted by Crippen LogP contribution is -2.41. The lowest BCUT2D eigenvalue weighted by molar-refractivity contribution is -0.152. The lowest BCUT2D eigenvalue weighted by Gasteiger charge is -2.30. The molecule has 2 aromatic heterocycles. The fraction of sp³-hybridized carbons (Fsp3) is 0.588. The molecule has 1 aliphatic rings. The molecule has 2 aromatic rings. The molecule has 0 aliphatic carbocycles. The van der Waals surface area contributed by atoms with Gasteiger partial charge in [0.05, 0.1) is 6.42 Å². The van der Waals surface area contributed by atoms with Crippen molar-refractivity contribution in [1.29, 1.82) is 0 Å². The number of esters is 1. The van der Waals surface area contributed by atoms with Gasteiger partial charge >= 0.3 is 5.97 Å². The standard InChI is InChI=1S/C17H23N5O3/c1-11-5-4-6-21(8-11)15(23)9-25-16(24)7-14-12(2)20-17-18-10-19-22(17)13(14)3/h10-11H,4-9H2,1-3H3/t11-/m0/s1. The molecule has 1 amide bonds. The van der Waals surface area contributed by atoms with E-state index in [0.29, 0.717) is 17.4 Å². The third-order valence-electron chi connectivity index (χ3n) is 4.68. The van der Waals surface area contributed by atoms with Crippen LogP contribution in [0.3, 0.4) is 0 Å². The molecule has 3 rings (SSSR count). The van der Waals surface area contributed by atoms with E-state index in [1.807, 2.05) is 13.8 Å². The molecule has 25 heavy (non-hydrogen) atoms. The highest BCUT2D eigenvalue weighted by Gasteiger charge is 2.22. The van der Waals surface area contributed by atoms with Gasteiger partial charge in [-0.1, -0.05) is 6.92 Å². The van der Waals surface area contributed by atoms with Gasteiger partial charge in [0, 0.05) is 30.0 Å². The number of rotatable bonds is 4. The normalized spacial score (nSPS) is 17.7. The Morgan fingerprint density at radius 1 is 1.36 bits per heavy atom. The Balaban J connectivity index is 1.60. The van der Waals surface area contributed by atoms with Crippen LogP contribution in [0.1, 0.15) is 36.7 Å². The fourth-order valence-electron chi connectivity index (χ4n) is 3.26. The third kappa shape index (κ3) is 3.78. The average Bonchev–Trinajstić information content (AvgIpc) is 3.05. The second kappa shape index (κ2) is 7.16. The van der Waals surface area contributed by atoms with Crippen LogP contribution in [0.4, 0.5) is 0 Å². The number of ether oxygens (including phenoxy) is 1. The minimum atomic E-state index is -0.439. The van der Waals surface area contributed by atoms with Gasteiger partial charge in [0.2, 0.25) is 0 Å². The highest BCUT2D eigenvalue weighted by atomic mass is 16.5. The smallest absolute Gasteiger partial charge is 0.310 e. The van der Waals surface area contributed by atoms with Crippen molar-refractivity contribution in [3.05, 3.63) is 23.3 Å². The first-order valence-corrected chi connectivity index (χ1v) is 8.55. The van der Waals surface area contributed by atoms with Gasteiger partial charge in [-0.15, -0.1) is 0 Å². The van der Waals surface area contributed by atoms with Crippen molar-refractivity contribution in [2.45, 2.75) is 40.0 Å². The molecule has 8 heteroatoms. The zero-order chi connectivity index (χ0) is 18.0. The Morgan fingerprint density at radius 3 is 2.92 bits per heavy atom. The Labute approximate surface area is 146 Å². The SMILES string of the molecule is Cc1nc2ncnn2c(C)c1CC(=O)OCC(=O)N1CCC[C@H](C)C1. The zero-order valence-corrected chi connectivity index (χ0v) is 14.9.